The van der Waals surface area contributed by atoms with Crippen LogP contribution in [0.5, 0.6) is 0 Å². The Bertz CT molecular complexity index is 1840. The van der Waals surface area contributed by atoms with Gasteiger partial charge in [-0.15, -0.1) is 0 Å². The summed E-state index contributed by atoms with van der Waals surface area (Å²) in [5.74, 6) is 0. The summed E-state index contributed by atoms with van der Waals surface area (Å²) in [7, 11) is 0. The van der Waals surface area contributed by atoms with Crippen molar-refractivity contribution in [1.82, 2.24) is 0 Å². The van der Waals surface area contributed by atoms with Crippen molar-refractivity contribution in [3.63, 3.8) is 0 Å². The summed E-state index contributed by atoms with van der Waals surface area (Å²) in [4.78, 5) is 10.9. The van der Waals surface area contributed by atoms with Crippen LogP contribution in [0.15, 0.2) is 131 Å². The highest BCUT2D eigenvalue weighted by Crippen LogP contribution is 2.48. The molecule has 5 aromatic rings. The van der Waals surface area contributed by atoms with Crippen LogP contribution in [0.3, 0.4) is 0 Å². The molecular weight excluding hydrogens is 528 g/mol. The molecule has 4 aliphatic rings. The van der Waals surface area contributed by atoms with Crippen molar-refractivity contribution in [2.45, 2.75) is 50.3 Å². The van der Waals surface area contributed by atoms with E-state index in [1.54, 1.807) is 0 Å². The lowest BCUT2D eigenvalue weighted by Crippen LogP contribution is -2.49. The lowest BCUT2D eigenvalue weighted by molar-refractivity contribution is -0.120. The van der Waals surface area contributed by atoms with Gasteiger partial charge in [0.25, 0.3) is 0 Å². The molecule has 0 saturated carbocycles. The molecule has 2 heterocycles. The first-order chi connectivity index (χ1) is 21.2. The number of benzene rings is 5. The van der Waals surface area contributed by atoms with Gasteiger partial charge < -0.3 is 9.47 Å². The number of rotatable bonds is 6. The summed E-state index contributed by atoms with van der Waals surface area (Å²) in [5, 5.41) is 2.50. The highest BCUT2D eigenvalue weighted by Gasteiger charge is 2.55. The highest BCUT2D eigenvalue weighted by atomic mass is 16.5. The van der Waals surface area contributed by atoms with Crippen molar-refractivity contribution in [2.75, 3.05) is 0 Å². The van der Waals surface area contributed by atoms with Gasteiger partial charge in [0.15, 0.2) is 12.5 Å². The third-order valence-corrected chi connectivity index (χ3v) is 9.87. The predicted molar refractivity (Wildman–Crippen MR) is 171 cm³/mol. The van der Waals surface area contributed by atoms with Crippen LogP contribution in [0, 0.1) is 5.41 Å². The Morgan fingerprint density at radius 1 is 0.558 bits per heavy atom. The highest BCUT2D eigenvalue weighted by molar-refractivity contribution is 6.09. The summed E-state index contributed by atoms with van der Waals surface area (Å²) >= 11 is 0. The molecule has 2 aliphatic heterocycles. The molecule has 210 valence electrons. The molecule has 9 rings (SSSR count). The molecule has 0 amide bonds. The molecule has 4 heteroatoms. The van der Waals surface area contributed by atoms with Crippen molar-refractivity contribution in [1.29, 1.82) is 0 Å². The van der Waals surface area contributed by atoms with Gasteiger partial charge in [0.1, 0.15) is 12.2 Å². The summed E-state index contributed by atoms with van der Waals surface area (Å²) in [6.45, 7) is 0. The summed E-state index contributed by atoms with van der Waals surface area (Å²) in [6.07, 6.45) is 2.30. The van der Waals surface area contributed by atoms with Crippen LogP contribution in [0.2, 0.25) is 0 Å². The van der Waals surface area contributed by atoms with Crippen molar-refractivity contribution < 1.29 is 9.47 Å². The average molecular weight is 561 g/mol. The van der Waals surface area contributed by atoms with Gasteiger partial charge in [-0.05, 0) is 45.9 Å². The second kappa shape index (κ2) is 9.84. The van der Waals surface area contributed by atoms with E-state index in [1.165, 1.54) is 44.2 Å². The molecule has 5 aromatic carbocycles. The Labute approximate surface area is 251 Å². The molecule has 4 atom stereocenters. The second-order valence-electron chi connectivity index (χ2n) is 12.4. The molecule has 0 fully saturated rings. The molecule has 0 aromatic heterocycles. The van der Waals surface area contributed by atoms with Crippen LogP contribution in [0.4, 0.5) is 0 Å². The first-order valence-electron chi connectivity index (χ1n) is 15.4. The maximum absolute atomic E-state index is 7.04. The summed E-state index contributed by atoms with van der Waals surface area (Å²) < 4.78 is 14.1. The third-order valence-electron chi connectivity index (χ3n) is 9.87. The number of ether oxygens (including phenoxy) is 2. The Kier molecular flexibility index (Phi) is 5.75. The van der Waals surface area contributed by atoms with E-state index in [2.05, 4.69) is 121 Å². The molecule has 0 saturated heterocycles. The van der Waals surface area contributed by atoms with Crippen LogP contribution in [0.25, 0.3) is 10.8 Å². The molecule has 0 radical (unpaired) electrons. The minimum Gasteiger partial charge on any atom is -0.346 e. The number of nitrogens with zero attached hydrogens (tertiary/aromatic N) is 2. The maximum Gasteiger partial charge on any atom is 0.160 e. The number of hydrogen-bond donors (Lipinski definition) is 0. The Balaban J connectivity index is 1.23. The monoisotopic (exact) mass is 560 g/mol. The Morgan fingerprint density at radius 2 is 1.12 bits per heavy atom. The molecule has 4 nitrogen and oxygen atoms in total. The minimum absolute atomic E-state index is 0.0423. The SMILES string of the molecule is c1ccc(CC(Cc2cccc3ccccc23)(C2N=C3c4ccccc4CC3O2)C2N=C3c4ccccc4CC3O2)cc1. The Hall–Kier alpha value is -4.38. The van der Waals surface area contributed by atoms with E-state index in [4.69, 9.17) is 19.5 Å². The number of aliphatic imine (C=N–C) groups is 2. The maximum atomic E-state index is 7.04. The fourth-order valence-electron chi connectivity index (χ4n) is 7.83. The van der Waals surface area contributed by atoms with Gasteiger partial charge in [-0.3, -0.25) is 9.98 Å². The van der Waals surface area contributed by atoms with Gasteiger partial charge >= 0.3 is 0 Å². The van der Waals surface area contributed by atoms with Crippen molar-refractivity contribution in [3.05, 3.63) is 155 Å². The van der Waals surface area contributed by atoms with E-state index in [0.29, 0.717) is 0 Å². The lowest BCUT2D eigenvalue weighted by Gasteiger charge is -2.41. The molecule has 2 aliphatic carbocycles. The van der Waals surface area contributed by atoms with Gasteiger partial charge in [-0.2, -0.15) is 0 Å². The zero-order chi connectivity index (χ0) is 28.4. The van der Waals surface area contributed by atoms with Crippen LogP contribution >= 0.6 is 0 Å². The molecule has 43 heavy (non-hydrogen) atoms. The van der Waals surface area contributed by atoms with E-state index in [-0.39, 0.29) is 12.2 Å². The third kappa shape index (κ3) is 4.05. The van der Waals surface area contributed by atoms with Crippen LogP contribution in [-0.2, 0) is 35.2 Å². The van der Waals surface area contributed by atoms with Crippen molar-refractivity contribution in [2.24, 2.45) is 15.4 Å². The van der Waals surface area contributed by atoms with Crippen LogP contribution < -0.4 is 0 Å². The Morgan fingerprint density at radius 3 is 1.79 bits per heavy atom. The molecule has 0 bridgehead atoms. The van der Waals surface area contributed by atoms with Gasteiger partial charge in [0.2, 0.25) is 0 Å². The second-order valence-corrected chi connectivity index (χ2v) is 12.4. The zero-order valence-electron chi connectivity index (χ0n) is 23.9. The van der Waals surface area contributed by atoms with Crippen LogP contribution in [-0.4, -0.2) is 36.1 Å². The average Bonchev–Trinajstić information content (AvgIpc) is 3.81. The first-order valence-corrected chi connectivity index (χ1v) is 15.4. The fraction of sp³-hybridized carbons (Fsp3) is 0.231. The quantitative estimate of drug-likeness (QED) is 0.221. The largest absolute Gasteiger partial charge is 0.346 e. The van der Waals surface area contributed by atoms with E-state index in [1.807, 2.05) is 0 Å². The van der Waals surface area contributed by atoms with E-state index >= 15 is 0 Å². The normalized spacial score (nSPS) is 24.6. The fourth-order valence-corrected chi connectivity index (χ4v) is 7.83. The van der Waals surface area contributed by atoms with Gasteiger partial charge in [-0.1, -0.05) is 121 Å². The molecule has 0 spiro atoms. The summed E-state index contributed by atoms with van der Waals surface area (Å²) in [5.41, 5.74) is 9.17. The van der Waals surface area contributed by atoms with Gasteiger partial charge in [-0.25, -0.2) is 0 Å². The van der Waals surface area contributed by atoms with E-state index < -0.39 is 17.9 Å². The predicted octanol–water partition coefficient (Wildman–Crippen LogP) is 7.15. The van der Waals surface area contributed by atoms with Crippen molar-refractivity contribution in [3.8, 4) is 0 Å². The first kappa shape index (κ1) is 25.1. The molecule has 0 N–H and O–H groups in total. The minimum atomic E-state index is -0.565. The van der Waals surface area contributed by atoms with E-state index in [0.717, 1.165) is 37.1 Å². The van der Waals surface area contributed by atoms with Crippen molar-refractivity contribution >= 4 is 22.2 Å². The lowest BCUT2D eigenvalue weighted by atomic mass is 9.72. The smallest absolute Gasteiger partial charge is 0.160 e. The van der Waals surface area contributed by atoms with Gasteiger partial charge in [0, 0.05) is 24.0 Å². The standard InChI is InChI=1S/C39H32N2O2/c1-2-11-25(12-3-1)23-39(24-29-17-10-16-26-13-4-7-18-30(26)29,37-40-35-31-19-8-5-14-27(31)21-33(35)42-37)38-41-36-32-20-9-6-15-28(32)22-34(36)43-38/h1-20,33-34,37-38H,21-24H2. The van der Waals surface area contributed by atoms with Gasteiger partial charge in [0.05, 0.1) is 16.8 Å². The zero-order valence-corrected chi connectivity index (χ0v) is 23.9. The summed E-state index contributed by atoms with van der Waals surface area (Å²) in [6, 6.07) is 43.3. The van der Waals surface area contributed by atoms with E-state index in [9.17, 15) is 0 Å². The molecular formula is C39H32N2O2. The number of fused-ring (bicyclic) bond motifs is 7. The van der Waals surface area contributed by atoms with Crippen LogP contribution in [0.1, 0.15) is 33.4 Å². The number of hydrogen-bond acceptors (Lipinski definition) is 4. The topological polar surface area (TPSA) is 43.2 Å². The molecule has 4 unspecified atom stereocenters.